The number of rotatable bonds is 5. The summed E-state index contributed by atoms with van der Waals surface area (Å²) < 4.78 is 9.42. The van der Waals surface area contributed by atoms with Crippen LogP contribution in [-0.4, -0.2) is 38.6 Å². The molecule has 2 unspecified atom stereocenters. The monoisotopic (exact) mass is 144 g/mol. The van der Waals surface area contributed by atoms with E-state index in [4.69, 9.17) is 17.9 Å². The molecule has 1 N–H and O–H groups in total. The van der Waals surface area contributed by atoms with Crippen molar-refractivity contribution in [2.75, 3.05) is 13.2 Å². The first-order valence-corrected chi connectivity index (χ1v) is 3.28. The van der Waals surface area contributed by atoms with Crippen LogP contribution < -0.4 is 0 Å². The van der Waals surface area contributed by atoms with Crippen LogP contribution in [0.4, 0.5) is 0 Å². The summed E-state index contributed by atoms with van der Waals surface area (Å²) in [6, 6.07) is 0. The molecule has 0 aliphatic rings. The fraction of sp³-hybridized carbons (Fsp3) is 1.00. The van der Waals surface area contributed by atoms with Crippen LogP contribution in [0.5, 0.6) is 0 Å². The third-order valence-electron chi connectivity index (χ3n) is 0.953. The van der Waals surface area contributed by atoms with Gasteiger partial charge in [-0.25, -0.2) is 0 Å². The minimum Gasteiger partial charge on any atom is -0.445 e. The lowest BCUT2D eigenvalue weighted by Gasteiger charge is -2.12. The Kier molecular flexibility index (Phi) is 5.68. The molecule has 4 heteroatoms. The standard InChI is InChI=1S/C6H13BO3/c1-5(8)3-9-6(2)4-10-7/h5-6,8H,3-4H2,1-2H3. The van der Waals surface area contributed by atoms with E-state index in [1.807, 2.05) is 6.92 Å². The lowest BCUT2D eigenvalue weighted by atomic mass is 10.4. The number of hydrogen-bond donors (Lipinski definition) is 1. The molecule has 0 spiro atoms. The molecule has 2 radical (unpaired) electrons. The van der Waals surface area contributed by atoms with E-state index >= 15 is 0 Å². The first-order valence-electron chi connectivity index (χ1n) is 3.28. The summed E-state index contributed by atoms with van der Waals surface area (Å²) in [6.45, 7) is 4.17. The molecular formula is C6H13BO3. The van der Waals surface area contributed by atoms with Crippen LogP contribution in [0.1, 0.15) is 13.8 Å². The van der Waals surface area contributed by atoms with Crippen molar-refractivity contribution in [2.45, 2.75) is 26.1 Å². The molecule has 58 valence electrons. The van der Waals surface area contributed by atoms with Crippen molar-refractivity contribution in [3.05, 3.63) is 0 Å². The first kappa shape index (κ1) is 9.94. The molecule has 0 aliphatic carbocycles. The molecule has 0 fully saturated rings. The van der Waals surface area contributed by atoms with Gasteiger partial charge in [0.05, 0.1) is 25.4 Å². The Labute approximate surface area is 62.8 Å². The van der Waals surface area contributed by atoms with E-state index in [0.29, 0.717) is 13.2 Å². The van der Waals surface area contributed by atoms with Gasteiger partial charge >= 0.3 is 0 Å². The molecule has 0 saturated heterocycles. The molecule has 0 aromatic carbocycles. The van der Waals surface area contributed by atoms with Crippen LogP contribution >= 0.6 is 0 Å². The van der Waals surface area contributed by atoms with Crippen LogP contribution in [0.2, 0.25) is 0 Å². The Balaban J connectivity index is 3.12. The van der Waals surface area contributed by atoms with E-state index in [1.165, 1.54) is 0 Å². The van der Waals surface area contributed by atoms with Crippen LogP contribution in [0, 0.1) is 0 Å². The Morgan fingerprint density at radius 3 is 2.40 bits per heavy atom. The highest BCUT2D eigenvalue weighted by atomic mass is 16.5. The van der Waals surface area contributed by atoms with Gasteiger partial charge in [0.1, 0.15) is 0 Å². The van der Waals surface area contributed by atoms with E-state index in [1.54, 1.807) is 6.92 Å². The van der Waals surface area contributed by atoms with E-state index in [-0.39, 0.29) is 6.10 Å². The van der Waals surface area contributed by atoms with Gasteiger partial charge in [-0.1, -0.05) is 0 Å². The number of hydrogen-bond acceptors (Lipinski definition) is 3. The molecule has 0 amide bonds. The quantitative estimate of drug-likeness (QED) is 0.546. The Morgan fingerprint density at radius 1 is 1.40 bits per heavy atom. The van der Waals surface area contributed by atoms with Crippen molar-refractivity contribution in [1.82, 2.24) is 0 Å². The lowest BCUT2D eigenvalue weighted by Crippen LogP contribution is -2.20. The molecule has 0 heterocycles. The summed E-state index contributed by atoms with van der Waals surface area (Å²) in [5, 5.41) is 8.77. The van der Waals surface area contributed by atoms with Crippen LogP contribution in [-0.2, 0) is 9.39 Å². The van der Waals surface area contributed by atoms with Crippen molar-refractivity contribution in [2.24, 2.45) is 0 Å². The Bertz CT molecular complexity index is 77.4. The highest BCUT2D eigenvalue weighted by Crippen LogP contribution is 1.92. The maximum atomic E-state index is 8.77. The maximum Gasteiger partial charge on any atom is 0.282 e. The van der Waals surface area contributed by atoms with Gasteiger partial charge in [-0.05, 0) is 13.8 Å². The second-order valence-corrected chi connectivity index (χ2v) is 2.33. The van der Waals surface area contributed by atoms with Crippen molar-refractivity contribution in [1.29, 1.82) is 0 Å². The highest BCUT2D eigenvalue weighted by molar-refractivity contribution is 5.97. The molecule has 3 nitrogen and oxygen atoms in total. The second-order valence-electron chi connectivity index (χ2n) is 2.33. The van der Waals surface area contributed by atoms with Crippen molar-refractivity contribution >= 4 is 8.05 Å². The molecule has 0 aliphatic heterocycles. The Hall–Kier alpha value is -0.0551. The zero-order valence-electron chi connectivity index (χ0n) is 6.41. The smallest absolute Gasteiger partial charge is 0.282 e. The summed E-state index contributed by atoms with van der Waals surface area (Å²) in [5.41, 5.74) is 0. The minimum atomic E-state index is -0.430. The Morgan fingerprint density at radius 2 is 2.00 bits per heavy atom. The van der Waals surface area contributed by atoms with Gasteiger partial charge in [0, 0.05) is 0 Å². The van der Waals surface area contributed by atoms with Gasteiger partial charge in [0.25, 0.3) is 8.05 Å². The van der Waals surface area contributed by atoms with Crippen molar-refractivity contribution < 1.29 is 14.5 Å². The lowest BCUT2D eigenvalue weighted by molar-refractivity contribution is -0.0120. The third kappa shape index (κ3) is 6.07. The van der Waals surface area contributed by atoms with Crippen LogP contribution in [0.15, 0.2) is 0 Å². The van der Waals surface area contributed by atoms with Gasteiger partial charge in [0.2, 0.25) is 0 Å². The fourth-order valence-corrected chi connectivity index (χ4v) is 0.487. The molecule has 0 rings (SSSR count). The second kappa shape index (κ2) is 5.71. The van der Waals surface area contributed by atoms with Gasteiger partial charge in [-0.15, -0.1) is 0 Å². The SMILES string of the molecule is [B]OCC(C)OCC(C)O. The van der Waals surface area contributed by atoms with Crippen molar-refractivity contribution in [3.63, 3.8) is 0 Å². The van der Waals surface area contributed by atoms with Gasteiger partial charge in [-0.3, -0.25) is 0 Å². The summed E-state index contributed by atoms with van der Waals surface area (Å²) in [7, 11) is 4.79. The average Bonchev–Trinajstić information content (AvgIpc) is 1.85. The predicted molar refractivity (Wildman–Crippen MR) is 38.8 cm³/mol. The maximum absolute atomic E-state index is 8.77. The van der Waals surface area contributed by atoms with E-state index in [9.17, 15) is 0 Å². The molecule has 0 saturated carbocycles. The normalized spacial score (nSPS) is 16.7. The van der Waals surface area contributed by atoms with E-state index < -0.39 is 6.10 Å². The summed E-state index contributed by atoms with van der Waals surface area (Å²) in [5.74, 6) is 0. The average molecular weight is 144 g/mol. The van der Waals surface area contributed by atoms with Crippen LogP contribution in [0.3, 0.4) is 0 Å². The third-order valence-corrected chi connectivity index (χ3v) is 0.953. The fourth-order valence-electron chi connectivity index (χ4n) is 0.487. The molecule has 0 aromatic heterocycles. The molecule has 2 atom stereocenters. The van der Waals surface area contributed by atoms with Gasteiger partial charge in [0.15, 0.2) is 0 Å². The van der Waals surface area contributed by atoms with E-state index in [2.05, 4.69) is 4.65 Å². The molecule has 0 bridgehead atoms. The molecular weight excluding hydrogens is 131 g/mol. The number of ether oxygens (including phenoxy) is 1. The molecule has 10 heavy (non-hydrogen) atoms. The van der Waals surface area contributed by atoms with Gasteiger partial charge < -0.3 is 14.5 Å². The summed E-state index contributed by atoms with van der Waals surface area (Å²) >= 11 is 0. The van der Waals surface area contributed by atoms with Crippen molar-refractivity contribution in [3.8, 4) is 0 Å². The number of aliphatic hydroxyl groups excluding tert-OH is 1. The largest absolute Gasteiger partial charge is 0.445 e. The highest BCUT2D eigenvalue weighted by Gasteiger charge is 2.02. The zero-order valence-corrected chi connectivity index (χ0v) is 6.41. The predicted octanol–water partition coefficient (Wildman–Crippen LogP) is -0.128. The minimum absolute atomic E-state index is 0.0559. The summed E-state index contributed by atoms with van der Waals surface area (Å²) in [4.78, 5) is 0. The van der Waals surface area contributed by atoms with E-state index in [0.717, 1.165) is 0 Å². The van der Waals surface area contributed by atoms with Crippen LogP contribution in [0.25, 0.3) is 0 Å². The molecule has 0 aromatic rings. The zero-order chi connectivity index (χ0) is 7.98. The summed E-state index contributed by atoms with van der Waals surface area (Å²) in [6.07, 6.45) is -0.486. The first-order chi connectivity index (χ1) is 4.66. The number of aliphatic hydroxyl groups is 1. The topological polar surface area (TPSA) is 38.7 Å². The van der Waals surface area contributed by atoms with Gasteiger partial charge in [-0.2, -0.15) is 0 Å².